The summed E-state index contributed by atoms with van der Waals surface area (Å²) in [6.07, 6.45) is 0. The molecule has 2 amide bonds. The molecule has 1 N–H and O–H groups in total. The number of amides is 2. The summed E-state index contributed by atoms with van der Waals surface area (Å²) >= 11 is 1.27. The largest absolute Gasteiger partial charge is 0.495 e. The van der Waals surface area contributed by atoms with Crippen LogP contribution in [0.15, 0.2) is 47.6 Å². The first kappa shape index (κ1) is 22.7. The molecule has 1 atom stereocenters. The highest BCUT2D eigenvalue weighted by Gasteiger charge is 2.32. The van der Waals surface area contributed by atoms with Crippen molar-refractivity contribution in [1.29, 1.82) is 0 Å². The Morgan fingerprint density at radius 3 is 2.85 bits per heavy atom. The van der Waals surface area contributed by atoms with Crippen molar-refractivity contribution in [1.82, 2.24) is 14.8 Å². The zero-order chi connectivity index (χ0) is 23.5. The average molecular weight is 468 g/mol. The fourth-order valence-corrected chi connectivity index (χ4v) is 4.43. The molecule has 0 fully saturated rings. The van der Waals surface area contributed by atoms with E-state index in [-0.39, 0.29) is 30.2 Å². The van der Waals surface area contributed by atoms with Crippen molar-refractivity contribution < 1.29 is 19.1 Å². The number of benzene rings is 2. The third kappa shape index (κ3) is 4.65. The predicted octanol–water partition coefficient (Wildman–Crippen LogP) is 3.35. The smallest absolute Gasteiger partial charge is 0.265 e. The molecule has 0 unspecified atom stereocenters. The lowest BCUT2D eigenvalue weighted by molar-refractivity contribution is -0.121. The number of nitrogens with zero attached hydrogens (tertiary/aromatic N) is 4. The number of ether oxygens (including phenoxy) is 2. The third-order valence-corrected chi connectivity index (χ3v) is 6.36. The SMILES string of the molecule is COc1ccc(C)cc1NC(=O)CSc1nnc([C@H](C)N2C(=O)COc3ccccc32)n1C. The molecular weight excluding hydrogens is 442 g/mol. The van der Waals surface area contributed by atoms with Crippen LogP contribution in [0.1, 0.15) is 24.4 Å². The maximum atomic E-state index is 12.6. The summed E-state index contributed by atoms with van der Waals surface area (Å²) in [4.78, 5) is 26.8. The van der Waals surface area contributed by atoms with Gasteiger partial charge in [0.2, 0.25) is 5.91 Å². The van der Waals surface area contributed by atoms with Crippen molar-refractivity contribution in [3.63, 3.8) is 0 Å². The van der Waals surface area contributed by atoms with Crippen LogP contribution in [-0.2, 0) is 16.6 Å². The standard InChI is InChI=1S/C23H25N5O4S/c1-14-9-10-18(31-4)16(11-14)24-20(29)13-33-23-26-25-22(27(23)3)15(2)28-17-7-5-6-8-19(17)32-12-21(28)30/h5-11,15H,12-13H2,1-4H3,(H,24,29)/t15-/m0/s1. The average Bonchev–Trinajstić information content (AvgIpc) is 3.17. The van der Waals surface area contributed by atoms with Gasteiger partial charge in [0.1, 0.15) is 11.5 Å². The second-order valence-electron chi connectivity index (χ2n) is 7.64. The van der Waals surface area contributed by atoms with Gasteiger partial charge in [-0.2, -0.15) is 0 Å². The quantitative estimate of drug-likeness (QED) is 0.532. The van der Waals surface area contributed by atoms with Crippen LogP contribution in [0.5, 0.6) is 11.5 Å². The first-order valence-electron chi connectivity index (χ1n) is 10.4. The maximum Gasteiger partial charge on any atom is 0.265 e. The number of nitrogens with one attached hydrogen (secondary N) is 1. The van der Waals surface area contributed by atoms with Crippen molar-refractivity contribution in [2.45, 2.75) is 25.0 Å². The topological polar surface area (TPSA) is 98.6 Å². The summed E-state index contributed by atoms with van der Waals surface area (Å²) in [5.74, 6) is 1.69. The Bertz CT molecular complexity index is 1200. The van der Waals surface area contributed by atoms with Crippen LogP contribution >= 0.6 is 11.8 Å². The van der Waals surface area contributed by atoms with E-state index >= 15 is 0 Å². The lowest BCUT2D eigenvalue weighted by atomic mass is 10.1. The Labute approximate surface area is 196 Å². The van der Waals surface area contributed by atoms with Gasteiger partial charge in [-0.1, -0.05) is 30.0 Å². The molecule has 0 spiro atoms. The molecule has 10 heteroatoms. The van der Waals surface area contributed by atoms with Crippen LogP contribution in [0.2, 0.25) is 0 Å². The molecule has 2 aromatic carbocycles. The van der Waals surface area contributed by atoms with Gasteiger partial charge in [-0.3, -0.25) is 14.5 Å². The zero-order valence-corrected chi connectivity index (χ0v) is 19.7. The van der Waals surface area contributed by atoms with Crippen LogP contribution in [0, 0.1) is 6.92 Å². The van der Waals surface area contributed by atoms with Crippen LogP contribution in [0.3, 0.4) is 0 Å². The minimum atomic E-state index is -0.361. The highest BCUT2D eigenvalue weighted by Crippen LogP contribution is 2.37. The Morgan fingerprint density at radius 1 is 1.27 bits per heavy atom. The zero-order valence-electron chi connectivity index (χ0n) is 18.9. The highest BCUT2D eigenvalue weighted by molar-refractivity contribution is 7.99. The van der Waals surface area contributed by atoms with Crippen LogP contribution < -0.4 is 19.7 Å². The molecule has 9 nitrogen and oxygen atoms in total. The van der Waals surface area contributed by atoms with E-state index < -0.39 is 0 Å². The fraction of sp³-hybridized carbons (Fsp3) is 0.304. The molecule has 1 aliphatic heterocycles. The van der Waals surface area contributed by atoms with E-state index in [4.69, 9.17) is 9.47 Å². The van der Waals surface area contributed by atoms with Crippen molar-refractivity contribution >= 4 is 35.0 Å². The lowest BCUT2D eigenvalue weighted by Gasteiger charge is -2.33. The minimum Gasteiger partial charge on any atom is -0.495 e. The molecule has 2 heterocycles. The molecular formula is C23H25N5O4S. The number of hydrogen-bond acceptors (Lipinski definition) is 7. The van der Waals surface area contributed by atoms with Gasteiger partial charge in [0.25, 0.3) is 5.91 Å². The molecule has 172 valence electrons. The van der Waals surface area contributed by atoms with Crippen LogP contribution in [0.4, 0.5) is 11.4 Å². The molecule has 1 aromatic heterocycles. The second-order valence-corrected chi connectivity index (χ2v) is 8.58. The monoisotopic (exact) mass is 467 g/mol. The third-order valence-electron chi connectivity index (χ3n) is 5.34. The highest BCUT2D eigenvalue weighted by atomic mass is 32.2. The summed E-state index contributed by atoms with van der Waals surface area (Å²) < 4.78 is 12.7. The number of anilines is 2. The Balaban J connectivity index is 1.46. The van der Waals surface area contributed by atoms with Crippen LogP contribution in [0.25, 0.3) is 0 Å². The van der Waals surface area contributed by atoms with Gasteiger partial charge in [0, 0.05) is 7.05 Å². The Hall–Kier alpha value is -3.53. The lowest BCUT2D eigenvalue weighted by Crippen LogP contribution is -2.41. The normalized spacial score (nSPS) is 13.8. The number of aryl methyl sites for hydroxylation is 1. The summed E-state index contributed by atoms with van der Waals surface area (Å²) in [6.45, 7) is 3.82. The molecule has 0 saturated carbocycles. The van der Waals surface area contributed by atoms with E-state index in [9.17, 15) is 9.59 Å². The minimum absolute atomic E-state index is 0.0244. The van der Waals surface area contributed by atoms with E-state index in [0.29, 0.717) is 33.9 Å². The Kier molecular flexibility index (Phi) is 6.55. The van der Waals surface area contributed by atoms with Gasteiger partial charge >= 0.3 is 0 Å². The number of aromatic nitrogens is 3. The number of methoxy groups -OCH3 is 1. The predicted molar refractivity (Wildman–Crippen MR) is 126 cm³/mol. The number of carbonyl (C=O) groups excluding carboxylic acids is 2. The first-order chi connectivity index (χ1) is 15.9. The van der Waals surface area contributed by atoms with Gasteiger partial charge < -0.3 is 19.4 Å². The van der Waals surface area contributed by atoms with Gasteiger partial charge in [-0.25, -0.2) is 0 Å². The van der Waals surface area contributed by atoms with Crippen molar-refractivity contribution in [3.8, 4) is 11.5 Å². The molecule has 0 bridgehead atoms. The van der Waals surface area contributed by atoms with E-state index in [1.54, 1.807) is 16.6 Å². The molecule has 0 saturated heterocycles. The molecule has 3 aromatic rings. The fourth-order valence-electron chi connectivity index (χ4n) is 3.71. The van der Waals surface area contributed by atoms with Crippen molar-refractivity contribution in [2.24, 2.45) is 7.05 Å². The first-order valence-corrected chi connectivity index (χ1v) is 11.4. The summed E-state index contributed by atoms with van der Waals surface area (Å²) in [7, 11) is 3.39. The second kappa shape index (κ2) is 9.53. The number of rotatable bonds is 7. The van der Waals surface area contributed by atoms with Gasteiger partial charge in [-0.05, 0) is 43.7 Å². The van der Waals surface area contributed by atoms with E-state index in [1.807, 2.05) is 63.4 Å². The number of para-hydroxylation sites is 2. The molecule has 1 aliphatic rings. The summed E-state index contributed by atoms with van der Waals surface area (Å²) in [6, 6.07) is 12.6. The maximum absolute atomic E-state index is 12.6. The van der Waals surface area contributed by atoms with Crippen LogP contribution in [-0.4, -0.2) is 46.0 Å². The van der Waals surface area contributed by atoms with Gasteiger partial charge in [0.15, 0.2) is 17.6 Å². The number of hydrogen-bond donors (Lipinski definition) is 1. The Morgan fingerprint density at radius 2 is 2.06 bits per heavy atom. The van der Waals surface area contributed by atoms with E-state index in [0.717, 1.165) is 5.56 Å². The molecule has 0 radical (unpaired) electrons. The molecule has 4 rings (SSSR count). The van der Waals surface area contributed by atoms with Crippen molar-refractivity contribution in [3.05, 3.63) is 53.9 Å². The van der Waals surface area contributed by atoms with Gasteiger partial charge in [0.05, 0.1) is 30.3 Å². The molecule has 0 aliphatic carbocycles. The number of carbonyl (C=O) groups is 2. The van der Waals surface area contributed by atoms with E-state index in [2.05, 4.69) is 15.5 Å². The number of thioether (sulfide) groups is 1. The van der Waals surface area contributed by atoms with Gasteiger partial charge in [-0.15, -0.1) is 10.2 Å². The molecule has 33 heavy (non-hydrogen) atoms. The summed E-state index contributed by atoms with van der Waals surface area (Å²) in [5, 5.41) is 12.0. The van der Waals surface area contributed by atoms with Crippen molar-refractivity contribution in [2.75, 3.05) is 29.7 Å². The summed E-state index contributed by atoms with van der Waals surface area (Å²) in [5.41, 5.74) is 2.34. The number of fused-ring (bicyclic) bond motifs is 1. The van der Waals surface area contributed by atoms with E-state index in [1.165, 1.54) is 11.8 Å².